The van der Waals surface area contributed by atoms with E-state index in [4.69, 9.17) is 18.9 Å². The second-order valence-corrected chi connectivity index (χ2v) is 6.81. The number of nitrogens with zero attached hydrogens (tertiary/aromatic N) is 1. The van der Waals surface area contributed by atoms with Crippen LogP contribution in [0.2, 0.25) is 0 Å². The minimum atomic E-state index is -0.378. The molecule has 0 saturated heterocycles. The first kappa shape index (κ1) is 22.4. The van der Waals surface area contributed by atoms with Crippen molar-refractivity contribution in [3.63, 3.8) is 0 Å². The molecule has 162 valence electrons. The highest BCUT2D eigenvalue weighted by Gasteiger charge is 2.10. The Balaban J connectivity index is 1.76. The normalized spacial score (nSPS) is 10.8. The number of carbonyl (C=O) groups excluding carboxylic acids is 1. The van der Waals surface area contributed by atoms with E-state index in [1.54, 1.807) is 75.9 Å². The van der Waals surface area contributed by atoms with Gasteiger partial charge >= 0.3 is 5.97 Å². The molecule has 0 bridgehead atoms. The van der Waals surface area contributed by atoms with Gasteiger partial charge in [0.2, 0.25) is 0 Å². The van der Waals surface area contributed by atoms with Crippen molar-refractivity contribution in [2.24, 2.45) is 0 Å². The minimum absolute atomic E-state index is 0.138. The molecule has 0 spiro atoms. The van der Waals surface area contributed by atoms with Crippen molar-refractivity contribution in [1.29, 1.82) is 5.26 Å². The Hall–Kier alpha value is -4.24. The highest BCUT2D eigenvalue weighted by Crippen LogP contribution is 2.31. The van der Waals surface area contributed by atoms with Gasteiger partial charge < -0.3 is 18.9 Å². The number of nitriles is 1. The van der Waals surface area contributed by atoms with Crippen molar-refractivity contribution >= 4 is 17.6 Å². The lowest BCUT2D eigenvalue weighted by atomic mass is 10.0. The molecule has 0 unspecified atom stereocenters. The van der Waals surface area contributed by atoms with Gasteiger partial charge in [0.05, 0.1) is 39.4 Å². The van der Waals surface area contributed by atoms with Crippen LogP contribution in [0.25, 0.3) is 11.6 Å². The molecule has 0 radical (unpaired) electrons. The van der Waals surface area contributed by atoms with E-state index >= 15 is 0 Å². The molecule has 0 aromatic heterocycles. The van der Waals surface area contributed by atoms with E-state index in [-0.39, 0.29) is 12.4 Å². The predicted molar refractivity (Wildman–Crippen MR) is 122 cm³/mol. The van der Waals surface area contributed by atoms with Gasteiger partial charge in [0.1, 0.15) is 11.5 Å². The van der Waals surface area contributed by atoms with Crippen LogP contribution in [0.15, 0.2) is 66.7 Å². The molecule has 0 aliphatic heterocycles. The summed E-state index contributed by atoms with van der Waals surface area (Å²) in [6.07, 6.45) is 1.86. The summed E-state index contributed by atoms with van der Waals surface area (Å²) in [5.41, 5.74) is 2.68. The molecule has 3 rings (SSSR count). The van der Waals surface area contributed by atoms with Gasteiger partial charge in [-0.25, -0.2) is 0 Å². The Kier molecular flexibility index (Phi) is 7.50. The molecule has 0 heterocycles. The van der Waals surface area contributed by atoms with E-state index in [1.807, 2.05) is 18.2 Å². The van der Waals surface area contributed by atoms with Crippen LogP contribution >= 0.6 is 0 Å². The summed E-state index contributed by atoms with van der Waals surface area (Å²) in [6, 6.07) is 21.7. The average Bonchev–Trinajstić information content (AvgIpc) is 2.82. The fourth-order valence-corrected chi connectivity index (χ4v) is 3.10. The Morgan fingerprint density at radius 2 is 1.62 bits per heavy atom. The van der Waals surface area contributed by atoms with Crippen LogP contribution in [0.5, 0.6) is 23.0 Å². The number of methoxy groups -OCH3 is 3. The maximum atomic E-state index is 12.3. The lowest BCUT2D eigenvalue weighted by molar-refractivity contribution is -0.133. The van der Waals surface area contributed by atoms with Crippen molar-refractivity contribution in [2.75, 3.05) is 21.3 Å². The minimum Gasteiger partial charge on any atom is -0.497 e. The summed E-state index contributed by atoms with van der Waals surface area (Å²) in [5.74, 6) is 1.87. The molecule has 3 aromatic carbocycles. The lowest BCUT2D eigenvalue weighted by Gasteiger charge is -2.09. The molecule has 0 atom stereocenters. The van der Waals surface area contributed by atoms with Gasteiger partial charge in [0, 0.05) is 0 Å². The summed E-state index contributed by atoms with van der Waals surface area (Å²) < 4.78 is 21.2. The van der Waals surface area contributed by atoms with E-state index in [1.165, 1.54) is 0 Å². The third-order valence-corrected chi connectivity index (χ3v) is 4.72. The molecule has 0 amide bonds. The van der Waals surface area contributed by atoms with Gasteiger partial charge in [-0.1, -0.05) is 24.3 Å². The van der Waals surface area contributed by atoms with Gasteiger partial charge in [0.15, 0.2) is 11.5 Å². The SMILES string of the molecule is COc1ccc(CC(=O)Oc2cccc(/C=C(/C#N)c3ccc(OC)c(OC)c3)c2)cc1. The Morgan fingerprint density at radius 1 is 0.875 bits per heavy atom. The van der Waals surface area contributed by atoms with Crippen LogP contribution in [0.4, 0.5) is 0 Å². The summed E-state index contributed by atoms with van der Waals surface area (Å²) in [4.78, 5) is 12.3. The molecule has 0 aliphatic carbocycles. The van der Waals surface area contributed by atoms with Gasteiger partial charge in [-0.2, -0.15) is 5.26 Å². The molecule has 0 saturated carbocycles. The quantitative estimate of drug-likeness (QED) is 0.219. The Morgan fingerprint density at radius 3 is 2.28 bits per heavy atom. The van der Waals surface area contributed by atoms with Crippen LogP contribution < -0.4 is 18.9 Å². The van der Waals surface area contributed by atoms with Crippen molar-refractivity contribution in [1.82, 2.24) is 0 Å². The first-order valence-electron chi connectivity index (χ1n) is 9.84. The third-order valence-electron chi connectivity index (χ3n) is 4.72. The highest BCUT2D eigenvalue weighted by molar-refractivity contribution is 5.90. The zero-order valence-corrected chi connectivity index (χ0v) is 18.1. The number of esters is 1. The number of hydrogen-bond acceptors (Lipinski definition) is 6. The largest absolute Gasteiger partial charge is 0.497 e. The number of benzene rings is 3. The molecular formula is C26H23NO5. The highest BCUT2D eigenvalue weighted by atomic mass is 16.5. The van der Waals surface area contributed by atoms with E-state index in [2.05, 4.69) is 6.07 Å². The zero-order valence-electron chi connectivity index (χ0n) is 18.1. The van der Waals surface area contributed by atoms with Crippen molar-refractivity contribution < 1.29 is 23.7 Å². The molecule has 6 nitrogen and oxygen atoms in total. The van der Waals surface area contributed by atoms with Gasteiger partial charge in [-0.3, -0.25) is 4.79 Å². The number of hydrogen-bond donors (Lipinski definition) is 0. The van der Waals surface area contributed by atoms with Crippen LogP contribution in [0, 0.1) is 11.3 Å². The number of carbonyl (C=O) groups is 1. The van der Waals surface area contributed by atoms with Crippen LogP contribution in [-0.4, -0.2) is 27.3 Å². The Labute approximate surface area is 187 Å². The number of allylic oxidation sites excluding steroid dienone is 1. The monoisotopic (exact) mass is 429 g/mol. The third kappa shape index (κ3) is 5.67. The van der Waals surface area contributed by atoms with Gasteiger partial charge in [-0.15, -0.1) is 0 Å². The van der Waals surface area contributed by atoms with E-state index in [0.29, 0.717) is 28.4 Å². The standard InChI is InChI=1S/C26H23NO5/c1-29-22-10-7-18(8-11-22)15-26(28)32-23-6-4-5-19(14-23)13-21(17-27)20-9-12-24(30-2)25(16-20)31-3/h4-14,16H,15H2,1-3H3/b21-13-. The molecule has 32 heavy (non-hydrogen) atoms. The lowest BCUT2D eigenvalue weighted by Crippen LogP contribution is -2.11. The summed E-state index contributed by atoms with van der Waals surface area (Å²) >= 11 is 0. The fraction of sp³-hybridized carbons (Fsp3) is 0.154. The van der Waals surface area contributed by atoms with Gasteiger partial charge in [-0.05, 0) is 65.2 Å². The fourth-order valence-electron chi connectivity index (χ4n) is 3.10. The molecule has 0 fully saturated rings. The molecule has 3 aromatic rings. The molecular weight excluding hydrogens is 406 g/mol. The molecule has 6 heteroatoms. The maximum absolute atomic E-state index is 12.3. The molecule has 0 N–H and O–H groups in total. The summed E-state index contributed by atoms with van der Waals surface area (Å²) in [7, 11) is 4.69. The van der Waals surface area contributed by atoms with Gasteiger partial charge in [0.25, 0.3) is 0 Å². The smallest absolute Gasteiger partial charge is 0.315 e. The Bertz CT molecular complexity index is 1160. The first-order valence-corrected chi connectivity index (χ1v) is 9.84. The van der Waals surface area contributed by atoms with Crippen molar-refractivity contribution in [3.05, 3.63) is 83.4 Å². The van der Waals surface area contributed by atoms with E-state index in [0.717, 1.165) is 16.9 Å². The summed E-state index contributed by atoms with van der Waals surface area (Å²) in [5, 5.41) is 9.66. The van der Waals surface area contributed by atoms with Crippen molar-refractivity contribution in [3.8, 4) is 29.1 Å². The maximum Gasteiger partial charge on any atom is 0.315 e. The zero-order chi connectivity index (χ0) is 22.9. The topological polar surface area (TPSA) is 77.8 Å². The van der Waals surface area contributed by atoms with Crippen LogP contribution in [0.3, 0.4) is 0 Å². The second kappa shape index (κ2) is 10.7. The van der Waals surface area contributed by atoms with E-state index < -0.39 is 0 Å². The first-order chi connectivity index (χ1) is 15.6. The van der Waals surface area contributed by atoms with Crippen molar-refractivity contribution in [2.45, 2.75) is 6.42 Å². The summed E-state index contributed by atoms with van der Waals surface area (Å²) in [6.45, 7) is 0. The predicted octanol–water partition coefficient (Wildman–Crippen LogP) is 4.92. The van der Waals surface area contributed by atoms with E-state index in [9.17, 15) is 10.1 Å². The van der Waals surface area contributed by atoms with Crippen LogP contribution in [-0.2, 0) is 11.2 Å². The number of ether oxygens (including phenoxy) is 4. The van der Waals surface area contributed by atoms with Crippen LogP contribution in [0.1, 0.15) is 16.7 Å². The molecule has 0 aliphatic rings. The average molecular weight is 429 g/mol. The second-order valence-electron chi connectivity index (χ2n) is 6.81. The number of rotatable bonds is 8.